The van der Waals surface area contributed by atoms with Gasteiger partial charge in [0.1, 0.15) is 0 Å². The minimum absolute atomic E-state index is 0.0417. The lowest BCUT2D eigenvalue weighted by Gasteiger charge is -2.14. The van der Waals surface area contributed by atoms with Gasteiger partial charge < -0.3 is 9.47 Å². The van der Waals surface area contributed by atoms with Crippen LogP contribution >= 0.6 is 0 Å². The summed E-state index contributed by atoms with van der Waals surface area (Å²) in [6.45, 7) is 11.7. The summed E-state index contributed by atoms with van der Waals surface area (Å²) in [5, 5.41) is 0. The van der Waals surface area contributed by atoms with Gasteiger partial charge in [0, 0.05) is 20.3 Å². The first kappa shape index (κ1) is 13.5. The zero-order valence-electron chi connectivity index (χ0n) is 8.73. The van der Waals surface area contributed by atoms with Crippen molar-refractivity contribution in [2.75, 3.05) is 20.3 Å². The number of rotatable bonds is 2. The molecule has 2 heteroatoms. The minimum Gasteiger partial charge on any atom is -0.382 e. The van der Waals surface area contributed by atoms with E-state index in [4.69, 9.17) is 9.47 Å². The fourth-order valence-corrected chi connectivity index (χ4v) is 0.204. The van der Waals surface area contributed by atoms with Gasteiger partial charge in [-0.3, -0.25) is 0 Å². The van der Waals surface area contributed by atoms with Crippen molar-refractivity contribution in [2.45, 2.75) is 40.2 Å². The highest BCUT2D eigenvalue weighted by Gasteiger charge is 2.03. The molecule has 0 heterocycles. The summed E-state index contributed by atoms with van der Waals surface area (Å²) >= 11 is 0. The maximum absolute atomic E-state index is 4.94. The highest BCUT2D eigenvalue weighted by molar-refractivity contribution is 4.55. The van der Waals surface area contributed by atoms with Crippen molar-refractivity contribution in [3.05, 3.63) is 0 Å². The molecule has 0 aliphatic rings. The van der Waals surface area contributed by atoms with E-state index in [0.717, 1.165) is 13.2 Å². The molecule has 11 heavy (non-hydrogen) atoms. The Kier molecular flexibility index (Phi) is 9.85. The summed E-state index contributed by atoms with van der Waals surface area (Å²) in [4.78, 5) is 0. The van der Waals surface area contributed by atoms with Crippen LogP contribution in [0.2, 0.25) is 0 Å². The fourth-order valence-electron chi connectivity index (χ4n) is 0.204. The smallest absolute Gasteiger partial charge is 0.0594 e. The van der Waals surface area contributed by atoms with E-state index < -0.39 is 0 Å². The van der Waals surface area contributed by atoms with E-state index in [-0.39, 0.29) is 5.60 Å². The molecular formula is C9H22O2. The van der Waals surface area contributed by atoms with Crippen LogP contribution in [0.3, 0.4) is 0 Å². The highest BCUT2D eigenvalue weighted by atomic mass is 16.5. The third-order valence-corrected chi connectivity index (χ3v) is 1.02. The molecule has 0 atom stereocenters. The SMILES string of the molecule is CCOCC.COC(C)(C)C. The van der Waals surface area contributed by atoms with Crippen molar-refractivity contribution in [1.82, 2.24) is 0 Å². The summed E-state index contributed by atoms with van der Waals surface area (Å²) in [5.41, 5.74) is 0.0417. The second-order valence-electron chi connectivity index (χ2n) is 3.10. The summed E-state index contributed by atoms with van der Waals surface area (Å²) in [5.74, 6) is 0. The summed E-state index contributed by atoms with van der Waals surface area (Å²) in [7, 11) is 1.71. The number of hydrogen-bond donors (Lipinski definition) is 0. The third-order valence-electron chi connectivity index (χ3n) is 1.02. The lowest BCUT2D eigenvalue weighted by Crippen LogP contribution is -2.15. The summed E-state index contributed by atoms with van der Waals surface area (Å²) in [6.07, 6.45) is 0. The van der Waals surface area contributed by atoms with E-state index in [0.29, 0.717) is 0 Å². The van der Waals surface area contributed by atoms with E-state index in [2.05, 4.69) is 0 Å². The van der Waals surface area contributed by atoms with Crippen LogP contribution in [0.5, 0.6) is 0 Å². The van der Waals surface area contributed by atoms with E-state index in [1.807, 2.05) is 34.6 Å². The van der Waals surface area contributed by atoms with Crippen LogP contribution in [0.4, 0.5) is 0 Å². The maximum atomic E-state index is 4.94. The Bertz CT molecular complexity index is 62.5. The molecule has 0 bridgehead atoms. The van der Waals surface area contributed by atoms with Crippen molar-refractivity contribution in [2.24, 2.45) is 0 Å². The zero-order valence-corrected chi connectivity index (χ0v) is 8.73. The van der Waals surface area contributed by atoms with Crippen LogP contribution in [-0.2, 0) is 9.47 Å². The molecule has 0 saturated heterocycles. The van der Waals surface area contributed by atoms with Gasteiger partial charge in [0.05, 0.1) is 5.60 Å². The van der Waals surface area contributed by atoms with Gasteiger partial charge >= 0.3 is 0 Å². The first-order valence-corrected chi connectivity index (χ1v) is 4.10. The van der Waals surface area contributed by atoms with Crippen molar-refractivity contribution < 1.29 is 9.47 Å². The second-order valence-corrected chi connectivity index (χ2v) is 3.10. The second kappa shape index (κ2) is 8.02. The van der Waals surface area contributed by atoms with Crippen LogP contribution in [0.1, 0.15) is 34.6 Å². The Morgan fingerprint density at radius 3 is 1.27 bits per heavy atom. The largest absolute Gasteiger partial charge is 0.382 e. The molecule has 2 nitrogen and oxygen atoms in total. The Balaban J connectivity index is 0. The molecule has 0 saturated carbocycles. The Labute approximate surface area is 70.9 Å². The molecule has 0 unspecified atom stereocenters. The van der Waals surface area contributed by atoms with Crippen LogP contribution in [-0.4, -0.2) is 25.9 Å². The Hall–Kier alpha value is -0.0800. The van der Waals surface area contributed by atoms with Gasteiger partial charge in [0.15, 0.2) is 0 Å². The average molecular weight is 162 g/mol. The summed E-state index contributed by atoms with van der Waals surface area (Å²) < 4.78 is 9.77. The lowest BCUT2D eigenvalue weighted by atomic mass is 10.2. The molecule has 0 aliphatic heterocycles. The van der Waals surface area contributed by atoms with Crippen molar-refractivity contribution in [3.63, 3.8) is 0 Å². The summed E-state index contributed by atoms with van der Waals surface area (Å²) in [6, 6.07) is 0. The van der Waals surface area contributed by atoms with Gasteiger partial charge in [0.2, 0.25) is 0 Å². The van der Waals surface area contributed by atoms with E-state index >= 15 is 0 Å². The van der Waals surface area contributed by atoms with Crippen molar-refractivity contribution in [3.8, 4) is 0 Å². The van der Waals surface area contributed by atoms with Gasteiger partial charge in [0.25, 0.3) is 0 Å². The zero-order chi connectivity index (χ0) is 9.33. The predicted molar refractivity (Wildman–Crippen MR) is 48.9 cm³/mol. The molecule has 0 aromatic carbocycles. The van der Waals surface area contributed by atoms with E-state index in [9.17, 15) is 0 Å². The predicted octanol–water partition coefficient (Wildman–Crippen LogP) is 2.47. The van der Waals surface area contributed by atoms with E-state index in [1.54, 1.807) is 7.11 Å². The molecular weight excluding hydrogens is 140 g/mol. The van der Waals surface area contributed by atoms with Crippen molar-refractivity contribution >= 4 is 0 Å². The van der Waals surface area contributed by atoms with Gasteiger partial charge in [-0.05, 0) is 34.6 Å². The molecule has 0 amide bonds. The van der Waals surface area contributed by atoms with Crippen LogP contribution in [0.25, 0.3) is 0 Å². The number of methoxy groups -OCH3 is 1. The van der Waals surface area contributed by atoms with Crippen LogP contribution in [0, 0.1) is 0 Å². The van der Waals surface area contributed by atoms with Gasteiger partial charge in [-0.25, -0.2) is 0 Å². The molecule has 0 radical (unpaired) electrons. The van der Waals surface area contributed by atoms with Crippen molar-refractivity contribution in [1.29, 1.82) is 0 Å². The first-order chi connectivity index (χ1) is 4.97. The molecule has 0 fully saturated rings. The molecule has 70 valence electrons. The first-order valence-electron chi connectivity index (χ1n) is 4.10. The van der Waals surface area contributed by atoms with Gasteiger partial charge in [-0.2, -0.15) is 0 Å². The highest BCUT2D eigenvalue weighted by Crippen LogP contribution is 2.02. The normalized spacial score (nSPS) is 10.4. The fraction of sp³-hybridized carbons (Fsp3) is 1.00. The van der Waals surface area contributed by atoms with Gasteiger partial charge in [-0.1, -0.05) is 0 Å². The Morgan fingerprint density at radius 1 is 1.00 bits per heavy atom. The van der Waals surface area contributed by atoms with Gasteiger partial charge in [-0.15, -0.1) is 0 Å². The number of hydrogen-bond acceptors (Lipinski definition) is 2. The average Bonchev–Trinajstić information content (AvgIpc) is 1.90. The maximum Gasteiger partial charge on any atom is 0.0594 e. The molecule has 0 N–H and O–H groups in total. The van der Waals surface area contributed by atoms with E-state index in [1.165, 1.54) is 0 Å². The minimum atomic E-state index is 0.0417. The quantitative estimate of drug-likeness (QED) is 0.621. The molecule has 0 aromatic heterocycles. The molecule has 0 aliphatic carbocycles. The molecule has 0 rings (SSSR count). The van der Waals surface area contributed by atoms with Crippen LogP contribution in [0.15, 0.2) is 0 Å². The molecule has 0 spiro atoms. The Morgan fingerprint density at radius 2 is 1.27 bits per heavy atom. The molecule has 0 aromatic rings. The monoisotopic (exact) mass is 162 g/mol. The third kappa shape index (κ3) is 25.7. The topological polar surface area (TPSA) is 18.5 Å². The lowest BCUT2D eigenvalue weighted by molar-refractivity contribution is 0.0397. The number of ether oxygens (including phenoxy) is 2. The standard InChI is InChI=1S/C5H12O.C4H10O/c1-5(2,3)6-4;1-3-5-4-2/h1-4H3;3-4H2,1-2H3. The van der Waals surface area contributed by atoms with Crippen LogP contribution < -0.4 is 0 Å².